The standard InChI is InChI=1S/C12H16N2OS2/c13-12(16)10-1-4-14(5-2-10)11(15)7-9-3-6-17-8-9/h3,6,8,10H,1-2,4-5,7H2,(H2,13,16). The molecule has 0 radical (unpaired) electrons. The van der Waals surface area contributed by atoms with E-state index >= 15 is 0 Å². The molecule has 0 atom stereocenters. The number of piperidine rings is 1. The zero-order chi connectivity index (χ0) is 12.3. The molecule has 2 rings (SSSR count). The third-order valence-corrected chi connectivity index (χ3v) is 4.25. The molecule has 1 fully saturated rings. The summed E-state index contributed by atoms with van der Waals surface area (Å²) in [7, 11) is 0. The second kappa shape index (κ2) is 5.60. The lowest BCUT2D eigenvalue weighted by molar-refractivity contribution is -0.131. The second-order valence-electron chi connectivity index (χ2n) is 4.37. The Kier molecular flexibility index (Phi) is 4.12. The monoisotopic (exact) mass is 268 g/mol. The van der Waals surface area contributed by atoms with Crippen LogP contribution >= 0.6 is 23.6 Å². The number of hydrogen-bond acceptors (Lipinski definition) is 3. The fourth-order valence-electron chi connectivity index (χ4n) is 2.09. The molecule has 2 heterocycles. The Bertz CT molecular complexity index is 395. The normalized spacial score (nSPS) is 17.1. The van der Waals surface area contributed by atoms with E-state index in [1.54, 1.807) is 11.3 Å². The first-order valence-corrected chi connectivity index (χ1v) is 7.10. The molecule has 3 nitrogen and oxygen atoms in total. The average Bonchev–Trinajstić information content (AvgIpc) is 2.82. The first-order chi connectivity index (χ1) is 8.16. The van der Waals surface area contributed by atoms with Crippen molar-refractivity contribution in [3.63, 3.8) is 0 Å². The van der Waals surface area contributed by atoms with Crippen LogP contribution in [0.15, 0.2) is 16.8 Å². The summed E-state index contributed by atoms with van der Waals surface area (Å²) < 4.78 is 0. The summed E-state index contributed by atoms with van der Waals surface area (Å²) in [5, 5.41) is 4.03. The van der Waals surface area contributed by atoms with E-state index in [-0.39, 0.29) is 5.91 Å². The van der Waals surface area contributed by atoms with Crippen LogP contribution in [0, 0.1) is 5.92 Å². The quantitative estimate of drug-likeness (QED) is 0.851. The molecule has 1 aromatic heterocycles. The Labute approximate surface area is 111 Å². The maximum absolute atomic E-state index is 12.0. The molecule has 5 heteroatoms. The van der Waals surface area contributed by atoms with E-state index in [4.69, 9.17) is 18.0 Å². The molecule has 1 saturated heterocycles. The topological polar surface area (TPSA) is 46.3 Å². The Morgan fingerprint density at radius 2 is 2.24 bits per heavy atom. The minimum atomic E-state index is 0.213. The Morgan fingerprint density at radius 1 is 1.53 bits per heavy atom. The largest absolute Gasteiger partial charge is 0.393 e. The van der Waals surface area contributed by atoms with E-state index < -0.39 is 0 Å². The first-order valence-electron chi connectivity index (χ1n) is 5.75. The predicted molar refractivity (Wildman–Crippen MR) is 74.1 cm³/mol. The average molecular weight is 268 g/mol. The van der Waals surface area contributed by atoms with Gasteiger partial charge in [-0.3, -0.25) is 4.79 Å². The molecule has 1 aliphatic rings. The molecule has 0 aliphatic carbocycles. The highest BCUT2D eigenvalue weighted by molar-refractivity contribution is 7.80. The zero-order valence-electron chi connectivity index (χ0n) is 9.59. The molecule has 0 saturated carbocycles. The highest BCUT2D eigenvalue weighted by Crippen LogP contribution is 2.18. The maximum atomic E-state index is 12.0. The Balaban J connectivity index is 1.84. The molecular formula is C12H16N2OS2. The summed E-state index contributed by atoms with van der Waals surface area (Å²) in [6.45, 7) is 1.57. The van der Waals surface area contributed by atoms with Crippen molar-refractivity contribution in [1.29, 1.82) is 0 Å². The number of carbonyl (C=O) groups is 1. The van der Waals surface area contributed by atoms with E-state index in [2.05, 4.69) is 0 Å². The van der Waals surface area contributed by atoms with Crippen LogP contribution in [0.2, 0.25) is 0 Å². The molecule has 17 heavy (non-hydrogen) atoms. The number of nitrogens with zero attached hydrogens (tertiary/aromatic N) is 1. The molecule has 0 spiro atoms. The summed E-state index contributed by atoms with van der Waals surface area (Å²) >= 11 is 6.62. The maximum Gasteiger partial charge on any atom is 0.227 e. The lowest BCUT2D eigenvalue weighted by atomic mass is 9.96. The van der Waals surface area contributed by atoms with E-state index in [0.717, 1.165) is 31.5 Å². The fourth-order valence-corrected chi connectivity index (χ4v) is 3.00. The zero-order valence-corrected chi connectivity index (χ0v) is 11.2. The van der Waals surface area contributed by atoms with Gasteiger partial charge in [0.1, 0.15) is 0 Å². The van der Waals surface area contributed by atoms with Crippen molar-refractivity contribution in [2.24, 2.45) is 11.7 Å². The van der Waals surface area contributed by atoms with Crippen LogP contribution < -0.4 is 5.73 Å². The number of rotatable bonds is 3. The molecule has 1 aromatic rings. The van der Waals surface area contributed by atoms with Crippen LogP contribution in [0.25, 0.3) is 0 Å². The van der Waals surface area contributed by atoms with Crippen molar-refractivity contribution in [2.75, 3.05) is 13.1 Å². The van der Waals surface area contributed by atoms with Crippen molar-refractivity contribution in [3.05, 3.63) is 22.4 Å². The van der Waals surface area contributed by atoms with Crippen LogP contribution in [0.5, 0.6) is 0 Å². The van der Waals surface area contributed by atoms with Crippen molar-refractivity contribution < 1.29 is 4.79 Å². The van der Waals surface area contributed by atoms with Crippen LogP contribution in [0.4, 0.5) is 0 Å². The lowest BCUT2D eigenvalue weighted by Crippen LogP contribution is -2.41. The van der Waals surface area contributed by atoms with Gasteiger partial charge in [0.15, 0.2) is 0 Å². The van der Waals surface area contributed by atoms with Gasteiger partial charge in [-0.05, 0) is 35.2 Å². The highest BCUT2D eigenvalue weighted by Gasteiger charge is 2.24. The third-order valence-electron chi connectivity index (χ3n) is 3.19. The minimum Gasteiger partial charge on any atom is -0.393 e. The van der Waals surface area contributed by atoms with Crippen LogP contribution in [0.3, 0.4) is 0 Å². The summed E-state index contributed by atoms with van der Waals surface area (Å²) in [4.78, 5) is 14.5. The third kappa shape index (κ3) is 3.26. The molecule has 1 aliphatic heterocycles. The number of carbonyl (C=O) groups excluding carboxylic acids is 1. The van der Waals surface area contributed by atoms with Gasteiger partial charge in [-0.1, -0.05) is 12.2 Å². The lowest BCUT2D eigenvalue weighted by Gasteiger charge is -2.31. The van der Waals surface area contributed by atoms with E-state index in [0.29, 0.717) is 17.3 Å². The van der Waals surface area contributed by atoms with Gasteiger partial charge >= 0.3 is 0 Å². The van der Waals surface area contributed by atoms with Crippen molar-refractivity contribution in [1.82, 2.24) is 4.90 Å². The second-order valence-corrected chi connectivity index (χ2v) is 5.62. The summed E-state index contributed by atoms with van der Waals surface area (Å²) in [5.41, 5.74) is 6.74. The summed E-state index contributed by atoms with van der Waals surface area (Å²) in [5.74, 6) is 0.528. The SMILES string of the molecule is NC(=S)C1CCN(C(=O)Cc2ccsc2)CC1. The first kappa shape index (κ1) is 12.5. The fraction of sp³-hybridized carbons (Fsp3) is 0.500. The molecule has 0 aromatic carbocycles. The van der Waals surface area contributed by atoms with Crippen molar-refractivity contribution in [2.45, 2.75) is 19.3 Å². The Hall–Kier alpha value is -0.940. The van der Waals surface area contributed by atoms with Crippen molar-refractivity contribution in [3.8, 4) is 0 Å². The summed E-state index contributed by atoms with van der Waals surface area (Å²) in [6.07, 6.45) is 2.33. The van der Waals surface area contributed by atoms with Gasteiger partial charge < -0.3 is 10.6 Å². The number of amides is 1. The van der Waals surface area contributed by atoms with Gasteiger partial charge in [0, 0.05) is 19.0 Å². The van der Waals surface area contributed by atoms with E-state index in [9.17, 15) is 4.79 Å². The van der Waals surface area contributed by atoms with Crippen LogP contribution in [-0.2, 0) is 11.2 Å². The number of nitrogens with two attached hydrogens (primary N) is 1. The molecular weight excluding hydrogens is 252 g/mol. The highest BCUT2D eigenvalue weighted by atomic mass is 32.1. The van der Waals surface area contributed by atoms with Crippen LogP contribution in [0.1, 0.15) is 18.4 Å². The molecule has 1 amide bonds. The van der Waals surface area contributed by atoms with E-state index in [1.165, 1.54) is 0 Å². The molecule has 92 valence electrons. The van der Waals surface area contributed by atoms with Gasteiger partial charge in [-0.25, -0.2) is 0 Å². The summed E-state index contributed by atoms with van der Waals surface area (Å²) in [6, 6.07) is 2.00. The van der Waals surface area contributed by atoms with E-state index in [1.807, 2.05) is 21.7 Å². The molecule has 2 N–H and O–H groups in total. The number of thiophene rings is 1. The molecule has 0 bridgehead atoms. The Morgan fingerprint density at radius 3 is 2.76 bits per heavy atom. The van der Waals surface area contributed by atoms with Gasteiger partial charge in [0.2, 0.25) is 5.91 Å². The van der Waals surface area contributed by atoms with Gasteiger partial charge in [0.25, 0.3) is 0 Å². The smallest absolute Gasteiger partial charge is 0.227 e. The molecule has 0 unspecified atom stereocenters. The van der Waals surface area contributed by atoms with Gasteiger partial charge in [-0.15, -0.1) is 0 Å². The van der Waals surface area contributed by atoms with Crippen molar-refractivity contribution >= 4 is 34.5 Å². The number of hydrogen-bond donors (Lipinski definition) is 1. The van der Waals surface area contributed by atoms with Gasteiger partial charge in [0.05, 0.1) is 11.4 Å². The predicted octanol–water partition coefficient (Wildman–Crippen LogP) is 1.82. The number of likely N-dealkylation sites (tertiary alicyclic amines) is 1. The van der Waals surface area contributed by atoms with Crippen LogP contribution in [-0.4, -0.2) is 28.9 Å². The minimum absolute atomic E-state index is 0.213. The van der Waals surface area contributed by atoms with Gasteiger partial charge in [-0.2, -0.15) is 11.3 Å². The number of thiocarbonyl (C=S) groups is 1.